The van der Waals surface area contributed by atoms with Gasteiger partial charge in [-0.15, -0.1) is 10.2 Å². The van der Waals surface area contributed by atoms with Crippen molar-refractivity contribution in [1.29, 1.82) is 0 Å². The highest BCUT2D eigenvalue weighted by atomic mass is 35.5. The van der Waals surface area contributed by atoms with Gasteiger partial charge in [0.15, 0.2) is 5.82 Å². The molecule has 3 aromatic rings. The van der Waals surface area contributed by atoms with Crippen LogP contribution in [-0.2, 0) is 16.4 Å². The molecule has 6 nitrogen and oxygen atoms in total. The fraction of sp³-hybridized carbons (Fsp3) is 0.273. The summed E-state index contributed by atoms with van der Waals surface area (Å²) in [6.45, 7) is 3.88. The minimum atomic E-state index is -3.63. The van der Waals surface area contributed by atoms with Crippen molar-refractivity contribution in [3.63, 3.8) is 0 Å². The zero-order valence-corrected chi connectivity index (χ0v) is 19.3. The third kappa shape index (κ3) is 4.70. The van der Waals surface area contributed by atoms with Gasteiger partial charge in [-0.25, -0.2) is 8.42 Å². The lowest BCUT2D eigenvalue weighted by molar-refractivity contribution is 0.383. The first-order valence-electron chi connectivity index (χ1n) is 10.0. The first kappa shape index (κ1) is 22.0. The highest BCUT2D eigenvalue weighted by Gasteiger charge is 2.29. The van der Waals surface area contributed by atoms with Crippen LogP contribution in [0.15, 0.2) is 59.5 Å². The molecule has 4 rings (SSSR count). The second-order valence-electron chi connectivity index (χ2n) is 7.29. The van der Waals surface area contributed by atoms with Crippen LogP contribution < -0.4 is 4.90 Å². The van der Waals surface area contributed by atoms with E-state index < -0.39 is 10.0 Å². The van der Waals surface area contributed by atoms with Crippen molar-refractivity contribution in [3.8, 4) is 11.3 Å². The number of hydrogen-bond acceptors (Lipinski definition) is 5. The van der Waals surface area contributed by atoms with E-state index in [1.807, 2.05) is 17.0 Å². The number of nitrogens with zero attached hydrogens (tertiary/aromatic N) is 4. The van der Waals surface area contributed by atoms with Gasteiger partial charge in [-0.1, -0.05) is 54.4 Å². The number of benzene rings is 2. The molecule has 9 heteroatoms. The number of anilines is 1. The van der Waals surface area contributed by atoms with Crippen LogP contribution in [-0.4, -0.2) is 49.1 Å². The van der Waals surface area contributed by atoms with Crippen molar-refractivity contribution in [2.45, 2.75) is 18.2 Å². The van der Waals surface area contributed by atoms with Crippen LogP contribution in [0.5, 0.6) is 0 Å². The largest absolute Gasteiger partial charge is 0.352 e. The molecule has 0 unspecified atom stereocenters. The number of rotatable bonds is 5. The predicted octanol–water partition coefficient (Wildman–Crippen LogP) is 4.52. The van der Waals surface area contributed by atoms with Crippen LogP contribution in [0, 0.1) is 0 Å². The van der Waals surface area contributed by atoms with Gasteiger partial charge in [0.1, 0.15) is 0 Å². The van der Waals surface area contributed by atoms with E-state index in [1.165, 1.54) is 28.1 Å². The number of halogens is 2. The van der Waals surface area contributed by atoms with Gasteiger partial charge in [0, 0.05) is 31.7 Å². The van der Waals surface area contributed by atoms with Crippen molar-refractivity contribution in [3.05, 3.63) is 70.2 Å². The average Bonchev–Trinajstić information content (AvgIpc) is 2.81. The maximum absolute atomic E-state index is 12.9. The summed E-state index contributed by atoms with van der Waals surface area (Å²) in [5.41, 5.74) is 3.11. The number of sulfonamides is 1. The minimum Gasteiger partial charge on any atom is -0.352 e. The van der Waals surface area contributed by atoms with Gasteiger partial charge in [-0.05, 0) is 42.3 Å². The van der Waals surface area contributed by atoms with E-state index in [-0.39, 0.29) is 9.92 Å². The van der Waals surface area contributed by atoms with Crippen LogP contribution in [0.3, 0.4) is 0 Å². The molecule has 1 aromatic heterocycles. The molecule has 1 aliphatic rings. The Morgan fingerprint density at radius 3 is 2.16 bits per heavy atom. The molecule has 2 heterocycles. The van der Waals surface area contributed by atoms with Gasteiger partial charge in [-0.3, -0.25) is 0 Å². The summed E-state index contributed by atoms with van der Waals surface area (Å²) in [6, 6.07) is 16.5. The first-order valence-corrected chi connectivity index (χ1v) is 12.2. The van der Waals surface area contributed by atoms with Gasteiger partial charge in [-0.2, -0.15) is 4.31 Å². The molecule has 0 bridgehead atoms. The Bertz CT molecular complexity index is 1160. The third-order valence-electron chi connectivity index (χ3n) is 5.40. The monoisotopic (exact) mass is 476 g/mol. The SMILES string of the molecule is CCc1ccc(-c2ccc(N3CCN(S(=O)(=O)c4ccc(Cl)c(Cl)c4)CC3)nn2)cc1. The summed E-state index contributed by atoms with van der Waals surface area (Å²) in [6.07, 6.45) is 0.998. The van der Waals surface area contributed by atoms with Crippen molar-refractivity contribution in [2.24, 2.45) is 0 Å². The van der Waals surface area contributed by atoms with Crippen LogP contribution in [0.2, 0.25) is 10.0 Å². The number of hydrogen-bond donors (Lipinski definition) is 0. The first-order chi connectivity index (χ1) is 14.9. The Morgan fingerprint density at radius 1 is 0.871 bits per heavy atom. The zero-order chi connectivity index (χ0) is 22.0. The van der Waals surface area contributed by atoms with Crippen LogP contribution in [0.1, 0.15) is 12.5 Å². The molecule has 31 heavy (non-hydrogen) atoms. The highest BCUT2D eigenvalue weighted by Crippen LogP contribution is 2.27. The molecule has 1 aliphatic heterocycles. The van der Waals surface area contributed by atoms with E-state index >= 15 is 0 Å². The Kier molecular flexibility index (Phi) is 6.48. The fourth-order valence-electron chi connectivity index (χ4n) is 3.50. The second kappa shape index (κ2) is 9.12. The average molecular weight is 477 g/mol. The number of aromatic nitrogens is 2. The standard InChI is InChI=1S/C22H22Cl2N4O2S/c1-2-16-3-5-17(6-4-16)21-9-10-22(26-25-21)27-11-13-28(14-12-27)31(29,30)18-7-8-19(23)20(24)15-18/h3-10,15H,2,11-14H2,1H3. The highest BCUT2D eigenvalue weighted by molar-refractivity contribution is 7.89. The fourth-order valence-corrected chi connectivity index (χ4v) is 5.31. The number of aryl methyl sites for hydroxylation is 1. The lowest BCUT2D eigenvalue weighted by atomic mass is 10.1. The van der Waals surface area contributed by atoms with Crippen LogP contribution >= 0.6 is 23.2 Å². The van der Waals surface area contributed by atoms with Crippen molar-refractivity contribution >= 4 is 39.0 Å². The van der Waals surface area contributed by atoms with Crippen molar-refractivity contribution in [1.82, 2.24) is 14.5 Å². The van der Waals surface area contributed by atoms with Gasteiger partial charge in [0.2, 0.25) is 10.0 Å². The molecule has 0 atom stereocenters. The normalized spacial score (nSPS) is 15.3. The summed E-state index contributed by atoms with van der Waals surface area (Å²) in [5.74, 6) is 0.737. The summed E-state index contributed by atoms with van der Waals surface area (Å²) >= 11 is 11.9. The Hall–Kier alpha value is -2.19. The molecular weight excluding hydrogens is 455 g/mol. The molecule has 1 saturated heterocycles. The smallest absolute Gasteiger partial charge is 0.243 e. The summed E-state index contributed by atoms with van der Waals surface area (Å²) < 4.78 is 27.3. The molecule has 1 fully saturated rings. The zero-order valence-electron chi connectivity index (χ0n) is 17.0. The maximum Gasteiger partial charge on any atom is 0.243 e. The third-order valence-corrected chi connectivity index (χ3v) is 8.03. The Labute approximate surface area is 192 Å². The predicted molar refractivity (Wildman–Crippen MR) is 124 cm³/mol. The van der Waals surface area contributed by atoms with Crippen molar-refractivity contribution in [2.75, 3.05) is 31.1 Å². The molecule has 2 aromatic carbocycles. The molecule has 0 saturated carbocycles. The topological polar surface area (TPSA) is 66.4 Å². The van der Waals surface area contributed by atoms with Crippen LogP contribution in [0.25, 0.3) is 11.3 Å². The molecule has 0 aliphatic carbocycles. The lowest BCUT2D eigenvalue weighted by Crippen LogP contribution is -2.49. The van der Waals surface area contributed by atoms with E-state index in [0.29, 0.717) is 31.2 Å². The summed E-state index contributed by atoms with van der Waals surface area (Å²) in [4.78, 5) is 2.19. The number of piperazine rings is 1. The van der Waals surface area contributed by atoms with E-state index in [2.05, 4.69) is 41.4 Å². The van der Waals surface area contributed by atoms with Crippen molar-refractivity contribution < 1.29 is 8.42 Å². The van der Waals surface area contributed by atoms with Gasteiger partial charge >= 0.3 is 0 Å². The van der Waals surface area contributed by atoms with E-state index in [4.69, 9.17) is 23.2 Å². The molecule has 0 N–H and O–H groups in total. The van der Waals surface area contributed by atoms with Crippen LogP contribution in [0.4, 0.5) is 5.82 Å². The second-order valence-corrected chi connectivity index (χ2v) is 10.0. The quantitative estimate of drug-likeness (QED) is 0.541. The minimum absolute atomic E-state index is 0.147. The summed E-state index contributed by atoms with van der Waals surface area (Å²) in [7, 11) is -3.63. The van der Waals surface area contributed by atoms with E-state index in [0.717, 1.165) is 23.5 Å². The molecule has 0 radical (unpaired) electrons. The summed E-state index contributed by atoms with van der Waals surface area (Å²) in [5, 5.41) is 9.28. The van der Waals surface area contributed by atoms with E-state index in [9.17, 15) is 8.42 Å². The molecular formula is C22H22Cl2N4O2S. The van der Waals surface area contributed by atoms with Gasteiger partial charge in [0.05, 0.1) is 20.6 Å². The Balaban J connectivity index is 1.42. The van der Waals surface area contributed by atoms with E-state index in [1.54, 1.807) is 0 Å². The van der Waals surface area contributed by atoms with Gasteiger partial charge < -0.3 is 4.90 Å². The lowest BCUT2D eigenvalue weighted by Gasteiger charge is -2.34. The van der Waals surface area contributed by atoms with Gasteiger partial charge in [0.25, 0.3) is 0 Å². The molecule has 162 valence electrons. The maximum atomic E-state index is 12.9. The molecule has 0 amide bonds. The Morgan fingerprint density at radius 2 is 1.58 bits per heavy atom. The molecule has 0 spiro atoms.